The van der Waals surface area contributed by atoms with Crippen molar-refractivity contribution in [1.29, 1.82) is 0 Å². The van der Waals surface area contributed by atoms with E-state index in [9.17, 15) is 4.79 Å². The third kappa shape index (κ3) is 2.88. The van der Waals surface area contributed by atoms with Crippen LogP contribution in [0.5, 0.6) is 0 Å². The van der Waals surface area contributed by atoms with Crippen LogP contribution in [0, 0.1) is 0 Å². The summed E-state index contributed by atoms with van der Waals surface area (Å²) in [6.07, 6.45) is 0.895. The number of fused-ring (bicyclic) bond motifs is 1. The Morgan fingerprint density at radius 1 is 1.18 bits per heavy atom. The third-order valence-electron chi connectivity index (χ3n) is 4.11. The summed E-state index contributed by atoms with van der Waals surface area (Å²) < 4.78 is 1.07. The van der Waals surface area contributed by atoms with Crippen molar-refractivity contribution < 1.29 is 4.79 Å². The molecule has 0 bridgehead atoms. The molecule has 1 N–H and O–H groups in total. The van der Waals surface area contributed by atoms with E-state index in [0.29, 0.717) is 0 Å². The Kier molecular flexibility index (Phi) is 4.21. The minimum atomic E-state index is 0.0991. The van der Waals surface area contributed by atoms with Gasteiger partial charge in [0.1, 0.15) is 0 Å². The molecule has 4 heteroatoms. The van der Waals surface area contributed by atoms with Crippen LogP contribution in [0.2, 0.25) is 0 Å². The zero-order valence-electron chi connectivity index (χ0n) is 12.7. The highest BCUT2D eigenvalue weighted by molar-refractivity contribution is 9.10. The molecule has 1 amide bonds. The number of hydrogen-bond acceptors (Lipinski definition) is 2. The van der Waals surface area contributed by atoms with E-state index in [2.05, 4.69) is 46.4 Å². The smallest absolute Gasteiger partial charge is 0.224 e. The molecule has 2 aromatic rings. The van der Waals surface area contributed by atoms with Crippen molar-refractivity contribution >= 4 is 33.2 Å². The Morgan fingerprint density at radius 3 is 2.55 bits per heavy atom. The molecule has 0 radical (unpaired) electrons. The van der Waals surface area contributed by atoms with E-state index in [1.807, 2.05) is 35.2 Å². The van der Waals surface area contributed by atoms with E-state index in [4.69, 9.17) is 0 Å². The standard InChI is InChI=1S/C18H19BrN2O/c1-12-11-17(20-15-9-7-14(19)8-10-15)16-5-3-4-6-18(16)21(12)13(2)22/h3-10,12,17,20H,11H2,1-2H3/t12-,17-/m0/s1. The number of anilines is 2. The molecule has 1 aliphatic heterocycles. The highest BCUT2D eigenvalue weighted by Gasteiger charge is 2.31. The Morgan fingerprint density at radius 2 is 1.86 bits per heavy atom. The molecule has 0 fully saturated rings. The second kappa shape index (κ2) is 6.13. The summed E-state index contributed by atoms with van der Waals surface area (Å²) in [6.45, 7) is 3.74. The summed E-state index contributed by atoms with van der Waals surface area (Å²) in [4.78, 5) is 13.9. The first-order chi connectivity index (χ1) is 10.6. The Labute approximate surface area is 139 Å². The van der Waals surface area contributed by atoms with Gasteiger partial charge in [0.15, 0.2) is 0 Å². The summed E-state index contributed by atoms with van der Waals surface area (Å²) >= 11 is 3.46. The van der Waals surface area contributed by atoms with Gasteiger partial charge in [0.25, 0.3) is 0 Å². The molecule has 22 heavy (non-hydrogen) atoms. The zero-order chi connectivity index (χ0) is 15.7. The van der Waals surface area contributed by atoms with Crippen molar-refractivity contribution in [1.82, 2.24) is 0 Å². The first-order valence-electron chi connectivity index (χ1n) is 7.47. The summed E-state index contributed by atoms with van der Waals surface area (Å²) in [7, 11) is 0. The second-order valence-corrected chi connectivity index (χ2v) is 6.65. The second-order valence-electron chi connectivity index (χ2n) is 5.74. The maximum atomic E-state index is 12.0. The summed E-state index contributed by atoms with van der Waals surface area (Å²) in [6, 6.07) is 16.7. The monoisotopic (exact) mass is 358 g/mol. The predicted molar refractivity (Wildman–Crippen MR) is 94.2 cm³/mol. The van der Waals surface area contributed by atoms with Crippen LogP contribution in [0.25, 0.3) is 0 Å². The van der Waals surface area contributed by atoms with Gasteiger partial charge in [-0.15, -0.1) is 0 Å². The number of carbonyl (C=O) groups is 1. The Balaban J connectivity index is 1.94. The van der Waals surface area contributed by atoms with Gasteiger partial charge < -0.3 is 10.2 Å². The molecule has 3 nitrogen and oxygen atoms in total. The van der Waals surface area contributed by atoms with Gasteiger partial charge in [-0.2, -0.15) is 0 Å². The topological polar surface area (TPSA) is 32.3 Å². The van der Waals surface area contributed by atoms with Crippen LogP contribution in [-0.2, 0) is 4.79 Å². The molecule has 2 aromatic carbocycles. The number of hydrogen-bond donors (Lipinski definition) is 1. The summed E-state index contributed by atoms with van der Waals surface area (Å²) in [5, 5.41) is 3.60. The van der Waals surface area contributed by atoms with E-state index >= 15 is 0 Å². The van der Waals surface area contributed by atoms with Crippen molar-refractivity contribution in [3.63, 3.8) is 0 Å². The van der Waals surface area contributed by atoms with Crippen molar-refractivity contribution in [2.45, 2.75) is 32.4 Å². The number of amides is 1. The van der Waals surface area contributed by atoms with Gasteiger partial charge in [0, 0.05) is 28.8 Å². The normalized spacial score (nSPS) is 20.4. The fourth-order valence-corrected chi connectivity index (χ4v) is 3.44. The lowest BCUT2D eigenvalue weighted by molar-refractivity contribution is -0.117. The molecule has 0 unspecified atom stereocenters. The number of carbonyl (C=O) groups excluding carboxylic acids is 1. The molecule has 114 valence electrons. The summed E-state index contributed by atoms with van der Waals surface area (Å²) in [5.74, 6) is 0.0991. The SMILES string of the molecule is CC(=O)N1c2ccccc2[C@@H](Nc2ccc(Br)cc2)C[C@@H]1C. The average Bonchev–Trinajstić information content (AvgIpc) is 2.49. The average molecular weight is 359 g/mol. The maximum absolute atomic E-state index is 12.0. The number of nitrogens with one attached hydrogen (secondary N) is 1. The number of nitrogens with zero attached hydrogens (tertiary/aromatic N) is 1. The lowest BCUT2D eigenvalue weighted by Crippen LogP contribution is -2.43. The molecule has 0 aliphatic carbocycles. The highest BCUT2D eigenvalue weighted by atomic mass is 79.9. The highest BCUT2D eigenvalue weighted by Crippen LogP contribution is 2.38. The summed E-state index contributed by atoms with van der Waals surface area (Å²) in [5.41, 5.74) is 3.29. The molecule has 1 aliphatic rings. The molecule has 1 heterocycles. The largest absolute Gasteiger partial charge is 0.378 e. The van der Waals surface area contributed by atoms with Crippen LogP contribution in [0.3, 0.4) is 0 Å². The van der Waals surface area contributed by atoms with Crippen LogP contribution >= 0.6 is 15.9 Å². The first kappa shape index (κ1) is 15.1. The van der Waals surface area contributed by atoms with Gasteiger partial charge in [0.2, 0.25) is 5.91 Å². The molecule has 0 spiro atoms. The van der Waals surface area contributed by atoms with Crippen LogP contribution in [-0.4, -0.2) is 11.9 Å². The molecular formula is C18H19BrN2O. The molecular weight excluding hydrogens is 340 g/mol. The fourth-order valence-electron chi connectivity index (χ4n) is 3.18. The number of para-hydroxylation sites is 1. The van der Waals surface area contributed by atoms with Gasteiger partial charge in [-0.1, -0.05) is 34.1 Å². The predicted octanol–water partition coefficient (Wildman–Crippen LogP) is 4.75. The van der Waals surface area contributed by atoms with E-state index < -0.39 is 0 Å². The molecule has 2 atom stereocenters. The van der Waals surface area contributed by atoms with Crippen molar-refractivity contribution in [2.75, 3.05) is 10.2 Å². The first-order valence-corrected chi connectivity index (χ1v) is 8.26. The van der Waals surface area contributed by atoms with E-state index in [1.54, 1.807) is 6.92 Å². The van der Waals surface area contributed by atoms with Gasteiger partial charge in [-0.3, -0.25) is 4.79 Å². The molecule has 0 saturated heterocycles. The Hall–Kier alpha value is -1.81. The molecule has 0 aromatic heterocycles. The van der Waals surface area contributed by atoms with Crippen LogP contribution < -0.4 is 10.2 Å². The quantitative estimate of drug-likeness (QED) is 0.840. The van der Waals surface area contributed by atoms with Gasteiger partial charge in [-0.25, -0.2) is 0 Å². The van der Waals surface area contributed by atoms with Crippen molar-refractivity contribution in [2.24, 2.45) is 0 Å². The van der Waals surface area contributed by atoms with Crippen LogP contribution in [0.4, 0.5) is 11.4 Å². The maximum Gasteiger partial charge on any atom is 0.224 e. The molecule has 0 saturated carbocycles. The van der Waals surface area contributed by atoms with Gasteiger partial charge in [0.05, 0.1) is 6.04 Å². The zero-order valence-corrected chi connectivity index (χ0v) is 14.3. The number of benzene rings is 2. The van der Waals surface area contributed by atoms with Gasteiger partial charge >= 0.3 is 0 Å². The van der Waals surface area contributed by atoms with Crippen molar-refractivity contribution in [3.8, 4) is 0 Å². The van der Waals surface area contributed by atoms with E-state index in [1.165, 1.54) is 5.56 Å². The van der Waals surface area contributed by atoms with E-state index in [-0.39, 0.29) is 18.0 Å². The van der Waals surface area contributed by atoms with Crippen LogP contribution in [0.15, 0.2) is 53.0 Å². The minimum absolute atomic E-state index is 0.0991. The van der Waals surface area contributed by atoms with Crippen molar-refractivity contribution in [3.05, 3.63) is 58.6 Å². The minimum Gasteiger partial charge on any atom is -0.378 e. The lowest BCUT2D eigenvalue weighted by atomic mass is 9.91. The van der Waals surface area contributed by atoms with Gasteiger partial charge in [-0.05, 0) is 49.2 Å². The Bertz CT molecular complexity index is 684. The molecule has 3 rings (SSSR count). The lowest BCUT2D eigenvalue weighted by Gasteiger charge is -2.39. The number of halogens is 1. The fraction of sp³-hybridized carbons (Fsp3) is 0.278. The number of rotatable bonds is 2. The van der Waals surface area contributed by atoms with Crippen LogP contribution in [0.1, 0.15) is 31.9 Å². The third-order valence-corrected chi connectivity index (χ3v) is 4.64. The van der Waals surface area contributed by atoms with E-state index in [0.717, 1.165) is 22.3 Å².